The molecule has 4 nitrogen and oxygen atoms in total. The van der Waals surface area contributed by atoms with Crippen molar-refractivity contribution in [3.63, 3.8) is 0 Å². The molecule has 0 bridgehead atoms. The Kier molecular flexibility index (Phi) is 3.73. The van der Waals surface area contributed by atoms with Gasteiger partial charge in [0, 0.05) is 5.56 Å². The summed E-state index contributed by atoms with van der Waals surface area (Å²) in [6.07, 6.45) is -1.36. The zero-order valence-corrected chi connectivity index (χ0v) is 9.98. The van der Waals surface area contributed by atoms with Gasteiger partial charge in [-0.3, -0.25) is 4.79 Å². The maximum absolute atomic E-state index is 12.0. The topological polar surface area (TPSA) is 74.6 Å². The van der Waals surface area contributed by atoms with Gasteiger partial charge in [-0.2, -0.15) is 0 Å². The normalized spacial score (nSPS) is 11.8. The van der Waals surface area contributed by atoms with Gasteiger partial charge in [-0.15, -0.1) is 0 Å². The number of carbonyl (C=O) groups is 2. The van der Waals surface area contributed by atoms with E-state index in [-0.39, 0.29) is 11.1 Å². The van der Waals surface area contributed by atoms with E-state index in [0.717, 1.165) is 0 Å². The molecule has 19 heavy (non-hydrogen) atoms. The summed E-state index contributed by atoms with van der Waals surface area (Å²) in [6.45, 7) is 0. The lowest BCUT2D eigenvalue weighted by Gasteiger charge is -2.10. The molecular weight excluding hydrogens is 244 g/mol. The molecular formula is C15H12O4. The monoisotopic (exact) mass is 256 g/mol. The fourth-order valence-corrected chi connectivity index (χ4v) is 1.75. The van der Waals surface area contributed by atoms with Crippen LogP contribution in [0.25, 0.3) is 0 Å². The number of benzene rings is 2. The highest BCUT2D eigenvalue weighted by molar-refractivity contribution is 6.00. The number of carboxylic acid groups (broad SMARTS) is 1. The van der Waals surface area contributed by atoms with Crippen LogP contribution in [0.5, 0.6) is 0 Å². The minimum Gasteiger partial charge on any atom is -0.478 e. The highest BCUT2D eigenvalue weighted by atomic mass is 16.4. The Balaban J connectivity index is 2.29. The van der Waals surface area contributed by atoms with Crippen molar-refractivity contribution >= 4 is 11.8 Å². The molecule has 0 amide bonds. The molecule has 0 aliphatic heterocycles. The summed E-state index contributed by atoms with van der Waals surface area (Å²) in [5.74, 6) is -1.55. The first-order valence-corrected chi connectivity index (χ1v) is 5.70. The maximum Gasteiger partial charge on any atom is 0.335 e. The second-order valence-electron chi connectivity index (χ2n) is 4.06. The van der Waals surface area contributed by atoms with Crippen LogP contribution in [-0.4, -0.2) is 22.0 Å². The highest BCUT2D eigenvalue weighted by Gasteiger charge is 2.19. The molecule has 0 saturated carbocycles. The molecule has 1 unspecified atom stereocenters. The Morgan fingerprint density at radius 3 is 2.16 bits per heavy atom. The molecule has 0 aliphatic rings. The van der Waals surface area contributed by atoms with Crippen LogP contribution >= 0.6 is 0 Å². The molecule has 2 rings (SSSR count). The van der Waals surface area contributed by atoms with Crippen LogP contribution in [0, 0.1) is 0 Å². The van der Waals surface area contributed by atoms with Crippen molar-refractivity contribution in [3.05, 3.63) is 71.3 Å². The van der Waals surface area contributed by atoms with Crippen LogP contribution in [0.2, 0.25) is 0 Å². The number of aliphatic hydroxyl groups excluding tert-OH is 1. The van der Waals surface area contributed by atoms with Crippen LogP contribution < -0.4 is 0 Å². The lowest BCUT2D eigenvalue weighted by molar-refractivity contribution is 0.0691. The van der Waals surface area contributed by atoms with E-state index < -0.39 is 17.9 Å². The third-order valence-corrected chi connectivity index (χ3v) is 2.76. The van der Waals surface area contributed by atoms with Gasteiger partial charge in [0.2, 0.25) is 0 Å². The van der Waals surface area contributed by atoms with Gasteiger partial charge in [-0.05, 0) is 17.7 Å². The Morgan fingerprint density at radius 2 is 1.53 bits per heavy atom. The predicted octanol–water partition coefficient (Wildman–Crippen LogP) is 2.30. The van der Waals surface area contributed by atoms with Crippen molar-refractivity contribution in [2.24, 2.45) is 0 Å². The summed E-state index contributed by atoms with van der Waals surface area (Å²) in [4.78, 5) is 22.9. The van der Waals surface area contributed by atoms with Gasteiger partial charge >= 0.3 is 5.97 Å². The van der Waals surface area contributed by atoms with E-state index in [1.807, 2.05) is 0 Å². The van der Waals surface area contributed by atoms with Crippen LogP contribution in [0.1, 0.15) is 32.4 Å². The smallest absolute Gasteiger partial charge is 0.335 e. The summed E-state index contributed by atoms with van der Waals surface area (Å²) in [7, 11) is 0. The van der Waals surface area contributed by atoms with Crippen LogP contribution in [0.3, 0.4) is 0 Å². The largest absolute Gasteiger partial charge is 0.478 e. The number of rotatable bonds is 4. The second-order valence-corrected chi connectivity index (χ2v) is 4.06. The zero-order chi connectivity index (χ0) is 13.8. The molecule has 2 aromatic rings. The Morgan fingerprint density at radius 1 is 0.895 bits per heavy atom. The lowest BCUT2D eigenvalue weighted by Crippen LogP contribution is -2.13. The third kappa shape index (κ3) is 2.86. The van der Waals surface area contributed by atoms with Gasteiger partial charge in [0.1, 0.15) is 6.10 Å². The molecule has 2 aromatic carbocycles. The molecule has 0 saturated heterocycles. The Bertz CT molecular complexity index is 605. The van der Waals surface area contributed by atoms with Crippen molar-refractivity contribution in [1.82, 2.24) is 0 Å². The first-order chi connectivity index (χ1) is 9.09. The summed E-state index contributed by atoms with van der Waals surface area (Å²) in [6, 6.07) is 14.1. The van der Waals surface area contributed by atoms with Gasteiger partial charge in [0.25, 0.3) is 0 Å². The molecule has 0 radical (unpaired) electrons. The van der Waals surface area contributed by atoms with Gasteiger partial charge < -0.3 is 10.2 Å². The molecule has 0 aromatic heterocycles. The quantitative estimate of drug-likeness (QED) is 0.823. The first-order valence-electron chi connectivity index (χ1n) is 5.70. The molecule has 0 aliphatic carbocycles. The van der Waals surface area contributed by atoms with Crippen LogP contribution in [0.15, 0.2) is 54.6 Å². The summed E-state index contributed by atoms with van der Waals surface area (Å²) >= 11 is 0. The van der Waals surface area contributed by atoms with E-state index in [0.29, 0.717) is 5.56 Å². The maximum atomic E-state index is 12.0. The van der Waals surface area contributed by atoms with E-state index >= 15 is 0 Å². The van der Waals surface area contributed by atoms with Crippen molar-refractivity contribution in [2.75, 3.05) is 0 Å². The second kappa shape index (κ2) is 5.46. The van der Waals surface area contributed by atoms with Crippen molar-refractivity contribution in [2.45, 2.75) is 6.10 Å². The minimum absolute atomic E-state index is 0.0393. The van der Waals surface area contributed by atoms with Crippen LogP contribution in [0.4, 0.5) is 0 Å². The fourth-order valence-electron chi connectivity index (χ4n) is 1.75. The molecule has 2 N–H and O–H groups in total. The molecule has 0 heterocycles. The highest BCUT2D eigenvalue weighted by Crippen LogP contribution is 2.19. The van der Waals surface area contributed by atoms with Crippen molar-refractivity contribution in [3.8, 4) is 0 Å². The number of Topliss-reactive ketones (excluding diaryl/α,β-unsaturated/α-hetero) is 1. The summed E-state index contributed by atoms with van der Waals surface area (Å²) in [5, 5.41) is 18.9. The average Bonchev–Trinajstić information content (AvgIpc) is 2.46. The average molecular weight is 256 g/mol. The number of aromatic carboxylic acids is 1. The predicted molar refractivity (Wildman–Crippen MR) is 69.1 cm³/mol. The van der Waals surface area contributed by atoms with Crippen LogP contribution in [-0.2, 0) is 0 Å². The van der Waals surface area contributed by atoms with Gasteiger partial charge in [0.15, 0.2) is 5.78 Å². The number of hydrogen-bond donors (Lipinski definition) is 2. The Hall–Kier alpha value is -2.46. The number of aliphatic hydroxyl groups is 1. The van der Waals surface area contributed by atoms with Crippen molar-refractivity contribution in [1.29, 1.82) is 0 Å². The van der Waals surface area contributed by atoms with E-state index in [1.54, 1.807) is 30.3 Å². The standard InChI is InChI=1S/C15H12O4/c16-13(10-5-2-1-3-6-10)14(17)11-7-4-8-12(9-11)15(18)19/h1-9,14,17H,(H,18,19). The van der Waals surface area contributed by atoms with E-state index in [1.165, 1.54) is 24.3 Å². The van der Waals surface area contributed by atoms with Gasteiger partial charge in [-0.1, -0.05) is 42.5 Å². The molecule has 1 atom stereocenters. The number of hydrogen-bond acceptors (Lipinski definition) is 3. The van der Waals surface area contributed by atoms with Crippen molar-refractivity contribution < 1.29 is 19.8 Å². The van der Waals surface area contributed by atoms with E-state index in [2.05, 4.69) is 0 Å². The van der Waals surface area contributed by atoms with Gasteiger partial charge in [0.05, 0.1) is 5.56 Å². The molecule has 0 spiro atoms. The lowest BCUT2D eigenvalue weighted by atomic mass is 9.98. The van der Waals surface area contributed by atoms with Gasteiger partial charge in [-0.25, -0.2) is 4.79 Å². The summed E-state index contributed by atoms with van der Waals surface area (Å²) in [5.41, 5.74) is 0.696. The van der Waals surface area contributed by atoms with E-state index in [9.17, 15) is 14.7 Å². The number of ketones is 1. The third-order valence-electron chi connectivity index (χ3n) is 2.76. The molecule has 96 valence electrons. The molecule has 0 fully saturated rings. The molecule has 4 heteroatoms. The fraction of sp³-hybridized carbons (Fsp3) is 0.0667. The number of carboxylic acids is 1. The first kappa shape index (κ1) is 13.0. The van der Waals surface area contributed by atoms with E-state index in [4.69, 9.17) is 5.11 Å². The minimum atomic E-state index is -1.36. The Labute approximate surface area is 109 Å². The summed E-state index contributed by atoms with van der Waals surface area (Å²) < 4.78 is 0. The number of carbonyl (C=O) groups excluding carboxylic acids is 1. The zero-order valence-electron chi connectivity index (χ0n) is 9.98. The SMILES string of the molecule is O=C(O)c1cccc(C(O)C(=O)c2ccccc2)c1.